The number of amides is 1. The Morgan fingerprint density at radius 1 is 0.919 bits per heavy atom. The summed E-state index contributed by atoms with van der Waals surface area (Å²) < 4.78 is 1.99. The van der Waals surface area contributed by atoms with Gasteiger partial charge in [0.2, 0.25) is 5.91 Å². The molecule has 0 atom stereocenters. The van der Waals surface area contributed by atoms with Gasteiger partial charge in [0.05, 0.1) is 5.02 Å². The third-order valence-corrected chi connectivity index (χ3v) is 8.27. The molecule has 2 aliphatic rings. The molecule has 0 radical (unpaired) electrons. The molecule has 190 valence electrons. The van der Waals surface area contributed by atoms with Crippen LogP contribution in [-0.2, 0) is 4.79 Å². The maximum Gasteiger partial charge on any atom is 0.238 e. The van der Waals surface area contributed by atoms with Crippen molar-refractivity contribution in [2.75, 3.05) is 31.1 Å². The number of anilines is 1. The highest BCUT2D eigenvalue weighted by Gasteiger charge is 2.46. The monoisotopic (exact) mass is 535 g/mol. The predicted molar refractivity (Wildman–Crippen MR) is 146 cm³/mol. The lowest BCUT2D eigenvalue weighted by molar-refractivity contribution is -0.131. The topological polar surface area (TPSA) is 93.2 Å². The van der Waals surface area contributed by atoms with Crippen molar-refractivity contribution in [3.8, 4) is 17.1 Å². The molecule has 0 saturated carbocycles. The summed E-state index contributed by atoms with van der Waals surface area (Å²) in [7, 11) is 0. The zero-order valence-electron chi connectivity index (χ0n) is 20.3. The summed E-state index contributed by atoms with van der Waals surface area (Å²) >= 11 is 12.8. The van der Waals surface area contributed by atoms with Crippen LogP contribution in [0.5, 0.6) is 0 Å². The largest absolute Gasteiger partial charge is 0.368 e. The highest BCUT2D eigenvalue weighted by molar-refractivity contribution is 6.33. The summed E-state index contributed by atoms with van der Waals surface area (Å²) in [6.07, 6.45) is 5.10. The van der Waals surface area contributed by atoms with Gasteiger partial charge in [-0.15, -0.1) is 0 Å². The van der Waals surface area contributed by atoms with Gasteiger partial charge < -0.3 is 10.6 Å². The van der Waals surface area contributed by atoms with Gasteiger partial charge in [0.1, 0.15) is 17.7 Å². The van der Waals surface area contributed by atoms with Crippen LogP contribution in [0.15, 0.2) is 54.9 Å². The number of fused-ring (bicyclic) bond motifs is 1. The molecule has 0 bridgehead atoms. The third-order valence-electron chi connectivity index (χ3n) is 7.68. The normalized spacial score (nSPS) is 17.9. The first-order valence-corrected chi connectivity index (χ1v) is 13.3. The maximum atomic E-state index is 12.6. The number of halogens is 2. The zero-order chi connectivity index (χ0) is 25.6. The number of nitrogens with two attached hydrogens (primary N) is 1. The van der Waals surface area contributed by atoms with Gasteiger partial charge in [0.25, 0.3) is 0 Å². The first-order chi connectivity index (χ1) is 18.0. The molecule has 2 aliphatic heterocycles. The molecule has 2 saturated heterocycles. The Labute approximate surface area is 225 Å². The number of hydrogen-bond acceptors (Lipinski definition) is 6. The number of piperidine rings is 1. The molecule has 10 heteroatoms. The standard InChI is InChI=1S/C27H27Cl2N7O/c28-18-7-9-19(10-8-18)36-23(20-5-1-2-6-21(20)29)33-22-24(31-17-32-25(22)36)34-15-11-27(12-16-34,26(30)37)35-13-3-4-14-35/h1-2,5-10,17H,3-4,11-16H2,(H2,30,37). The van der Waals surface area contributed by atoms with E-state index < -0.39 is 5.54 Å². The lowest BCUT2D eigenvalue weighted by Crippen LogP contribution is -2.61. The summed E-state index contributed by atoms with van der Waals surface area (Å²) in [5, 5.41) is 1.24. The first-order valence-electron chi connectivity index (χ1n) is 12.5. The Hall–Kier alpha value is -3.20. The van der Waals surface area contributed by atoms with Crippen LogP contribution in [-0.4, -0.2) is 62.0 Å². The average Bonchev–Trinajstić information content (AvgIpc) is 3.58. The quantitative estimate of drug-likeness (QED) is 0.397. The molecule has 4 heterocycles. The van der Waals surface area contributed by atoms with Crippen molar-refractivity contribution >= 4 is 46.1 Å². The van der Waals surface area contributed by atoms with E-state index in [1.54, 1.807) is 6.33 Å². The van der Waals surface area contributed by atoms with Gasteiger partial charge in [-0.2, -0.15) is 0 Å². The van der Waals surface area contributed by atoms with Crippen molar-refractivity contribution in [1.29, 1.82) is 0 Å². The summed E-state index contributed by atoms with van der Waals surface area (Å²) in [6.45, 7) is 3.16. The van der Waals surface area contributed by atoms with Gasteiger partial charge in [0, 0.05) is 29.4 Å². The molecule has 6 rings (SSSR count). The van der Waals surface area contributed by atoms with Crippen molar-refractivity contribution in [2.45, 2.75) is 31.2 Å². The Kier molecular flexibility index (Phi) is 6.26. The zero-order valence-corrected chi connectivity index (χ0v) is 21.8. The molecule has 0 spiro atoms. The molecule has 0 aliphatic carbocycles. The fourth-order valence-corrected chi connectivity index (χ4v) is 6.07. The molecular weight excluding hydrogens is 509 g/mol. The smallest absolute Gasteiger partial charge is 0.238 e. The Bertz CT molecular complexity index is 1460. The molecule has 1 amide bonds. The van der Waals surface area contributed by atoms with E-state index in [4.69, 9.17) is 33.9 Å². The number of likely N-dealkylation sites (tertiary alicyclic amines) is 1. The number of benzene rings is 2. The van der Waals surface area contributed by atoms with Gasteiger partial charge in [-0.1, -0.05) is 35.3 Å². The number of carbonyl (C=O) groups is 1. The van der Waals surface area contributed by atoms with Crippen LogP contribution >= 0.6 is 23.2 Å². The van der Waals surface area contributed by atoms with Gasteiger partial charge in [-0.25, -0.2) is 15.0 Å². The highest BCUT2D eigenvalue weighted by atomic mass is 35.5. The summed E-state index contributed by atoms with van der Waals surface area (Å²) in [5.74, 6) is 1.19. The van der Waals surface area contributed by atoms with E-state index in [9.17, 15) is 4.79 Å². The Morgan fingerprint density at radius 3 is 2.30 bits per heavy atom. The molecule has 2 fully saturated rings. The predicted octanol–water partition coefficient (Wildman–Crippen LogP) is 4.71. The van der Waals surface area contributed by atoms with Crippen LogP contribution in [0.4, 0.5) is 5.82 Å². The van der Waals surface area contributed by atoms with Crippen LogP contribution < -0.4 is 10.6 Å². The molecule has 2 N–H and O–H groups in total. The lowest BCUT2D eigenvalue weighted by atomic mass is 9.85. The second kappa shape index (κ2) is 9.59. The molecule has 2 aromatic heterocycles. The summed E-state index contributed by atoms with van der Waals surface area (Å²) in [5.41, 5.74) is 8.40. The lowest BCUT2D eigenvalue weighted by Gasteiger charge is -2.45. The summed E-state index contributed by atoms with van der Waals surface area (Å²) in [6, 6.07) is 15.2. The van der Waals surface area contributed by atoms with E-state index in [1.165, 1.54) is 0 Å². The van der Waals surface area contributed by atoms with Crippen molar-refractivity contribution < 1.29 is 4.79 Å². The van der Waals surface area contributed by atoms with Gasteiger partial charge >= 0.3 is 0 Å². The van der Waals surface area contributed by atoms with Crippen LogP contribution in [0.25, 0.3) is 28.2 Å². The third kappa shape index (κ3) is 4.13. The average molecular weight is 536 g/mol. The number of hydrogen-bond donors (Lipinski definition) is 1. The van der Waals surface area contributed by atoms with Crippen molar-refractivity contribution in [2.24, 2.45) is 5.73 Å². The van der Waals surface area contributed by atoms with Crippen LogP contribution in [0.1, 0.15) is 25.7 Å². The van der Waals surface area contributed by atoms with Gasteiger partial charge in [-0.05, 0) is 75.2 Å². The Morgan fingerprint density at radius 2 is 1.62 bits per heavy atom. The van der Waals surface area contributed by atoms with Gasteiger partial charge in [0.15, 0.2) is 17.0 Å². The highest BCUT2D eigenvalue weighted by Crippen LogP contribution is 2.37. The van der Waals surface area contributed by atoms with Crippen molar-refractivity contribution in [1.82, 2.24) is 24.4 Å². The van der Waals surface area contributed by atoms with Crippen LogP contribution in [0.3, 0.4) is 0 Å². The fourth-order valence-electron chi connectivity index (χ4n) is 5.72. The first kappa shape index (κ1) is 24.2. The number of aromatic nitrogens is 4. The van der Waals surface area contributed by atoms with E-state index in [2.05, 4.69) is 19.8 Å². The second-order valence-electron chi connectivity index (χ2n) is 9.67. The molecule has 4 aromatic rings. The van der Waals surface area contributed by atoms with Crippen molar-refractivity contribution in [3.63, 3.8) is 0 Å². The minimum Gasteiger partial charge on any atom is -0.368 e. The van der Waals surface area contributed by atoms with E-state index in [-0.39, 0.29) is 5.91 Å². The minimum atomic E-state index is -0.593. The number of primary amides is 1. The van der Waals surface area contributed by atoms with E-state index in [1.807, 2.05) is 53.1 Å². The molecule has 37 heavy (non-hydrogen) atoms. The molecule has 2 aromatic carbocycles. The number of rotatable bonds is 5. The molecular formula is C27H27Cl2N7O. The van der Waals surface area contributed by atoms with E-state index in [0.29, 0.717) is 53.0 Å². The molecule has 8 nitrogen and oxygen atoms in total. The number of nitrogens with zero attached hydrogens (tertiary/aromatic N) is 6. The maximum absolute atomic E-state index is 12.6. The van der Waals surface area contributed by atoms with Crippen molar-refractivity contribution in [3.05, 3.63) is 64.9 Å². The second-order valence-corrected chi connectivity index (χ2v) is 10.5. The number of carbonyl (C=O) groups excluding carboxylic acids is 1. The number of imidazole rings is 1. The van der Waals surface area contributed by atoms with E-state index >= 15 is 0 Å². The minimum absolute atomic E-state index is 0.227. The SMILES string of the molecule is NC(=O)C1(N2CCCC2)CCN(c2ncnc3c2nc(-c2ccccc2Cl)n3-c2ccc(Cl)cc2)CC1. The summed E-state index contributed by atoms with van der Waals surface area (Å²) in [4.78, 5) is 31.4. The molecule has 0 unspecified atom stereocenters. The van der Waals surface area contributed by atoms with Gasteiger partial charge in [-0.3, -0.25) is 14.3 Å². The van der Waals surface area contributed by atoms with Crippen LogP contribution in [0, 0.1) is 0 Å². The fraction of sp³-hybridized carbons (Fsp3) is 0.333. The van der Waals surface area contributed by atoms with E-state index in [0.717, 1.165) is 43.0 Å². The van der Waals surface area contributed by atoms with Crippen LogP contribution in [0.2, 0.25) is 10.0 Å². The Balaban J connectivity index is 1.44.